The molecule has 20 heavy (non-hydrogen) atoms. The first-order chi connectivity index (χ1) is 8.82. The van der Waals surface area contributed by atoms with E-state index in [4.69, 9.17) is 28.2 Å². The molecule has 0 aliphatic rings. The number of carboxylic acids is 1. The highest BCUT2D eigenvalue weighted by Crippen LogP contribution is 2.05. The van der Waals surface area contributed by atoms with Crippen LogP contribution in [0.4, 0.5) is 5.69 Å². The monoisotopic (exact) mass is 344 g/mol. The van der Waals surface area contributed by atoms with Gasteiger partial charge in [-0.05, 0) is 18.2 Å². The van der Waals surface area contributed by atoms with Gasteiger partial charge in [0, 0.05) is 18.1 Å². The summed E-state index contributed by atoms with van der Waals surface area (Å²) >= 11 is 5.20. The summed E-state index contributed by atoms with van der Waals surface area (Å²) in [5.41, 5.74) is 11.1. The zero-order valence-corrected chi connectivity index (χ0v) is 13.0. The molecule has 6 nitrogen and oxygen atoms in total. The summed E-state index contributed by atoms with van der Waals surface area (Å²) in [4.78, 5) is 10.3. The van der Waals surface area contributed by atoms with Crippen molar-refractivity contribution in [3.63, 3.8) is 0 Å². The van der Waals surface area contributed by atoms with Gasteiger partial charge in [-0.15, -0.1) is 24.0 Å². The van der Waals surface area contributed by atoms with Gasteiger partial charge in [0.1, 0.15) is 0 Å². The number of rotatable bonds is 5. The lowest BCUT2D eigenvalue weighted by Crippen LogP contribution is -2.18. The molecule has 9 heteroatoms. The van der Waals surface area contributed by atoms with E-state index in [1.165, 1.54) is 12.1 Å². The van der Waals surface area contributed by atoms with E-state index in [9.17, 15) is 13.2 Å². The van der Waals surface area contributed by atoms with Crippen LogP contribution in [0.2, 0.25) is 0 Å². The molecular formula is C11H18Cl2N2O4S. The average molecular weight is 345 g/mol. The highest BCUT2D eigenvalue weighted by molar-refractivity contribution is 7.91. The molecule has 1 rings (SSSR count). The molecule has 0 unspecified atom stereocenters. The number of alkyl halides is 1. The Balaban J connectivity index is 0. The number of benzene rings is 1. The molecule has 5 N–H and O–H groups in total. The number of hydrogen-bond acceptors (Lipinski definition) is 5. The van der Waals surface area contributed by atoms with Crippen LogP contribution in [0.1, 0.15) is 10.4 Å². The van der Waals surface area contributed by atoms with E-state index < -0.39 is 15.8 Å². The zero-order chi connectivity index (χ0) is 14.9. The van der Waals surface area contributed by atoms with Crippen LogP contribution in [0, 0.1) is 0 Å². The van der Waals surface area contributed by atoms with Crippen LogP contribution in [-0.4, -0.2) is 43.4 Å². The Labute approximate surface area is 129 Å². The van der Waals surface area contributed by atoms with Gasteiger partial charge in [0.05, 0.1) is 17.1 Å². The van der Waals surface area contributed by atoms with Gasteiger partial charge in [-0.25, -0.2) is 13.2 Å². The first kappa shape index (κ1) is 21.3. The number of anilines is 1. The summed E-state index contributed by atoms with van der Waals surface area (Å²) in [7, 11) is -2.94. The zero-order valence-electron chi connectivity index (χ0n) is 10.7. The van der Waals surface area contributed by atoms with Crippen molar-refractivity contribution >= 4 is 45.5 Å². The summed E-state index contributed by atoms with van der Waals surface area (Å²) in [6, 6.07) is 6.17. The Bertz CT molecular complexity index is 497. The molecule has 0 atom stereocenters. The number of carboxylic acid groups (broad SMARTS) is 1. The maximum atomic E-state index is 10.7. The number of carbonyl (C=O) groups is 1. The van der Waals surface area contributed by atoms with Crippen molar-refractivity contribution in [3.05, 3.63) is 29.8 Å². The Kier molecular flexibility index (Phi) is 11.4. The van der Waals surface area contributed by atoms with Crippen LogP contribution in [0.25, 0.3) is 0 Å². The second-order valence-electron chi connectivity index (χ2n) is 3.56. The van der Waals surface area contributed by atoms with Crippen molar-refractivity contribution in [2.45, 2.75) is 0 Å². The van der Waals surface area contributed by atoms with Gasteiger partial charge in [0.2, 0.25) is 0 Å². The lowest BCUT2D eigenvalue weighted by Gasteiger charge is -1.96. The van der Waals surface area contributed by atoms with Gasteiger partial charge < -0.3 is 16.6 Å². The molecule has 0 heterocycles. The fourth-order valence-electron chi connectivity index (χ4n) is 1.07. The SMILES string of the molecule is Cl.NCCS(=O)(=O)CCCl.Nc1cccc(C(=O)O)c1. The quantitative estimate of drug-likeness (QED) is 0.540. The number of sulfone groups is 1. The van der Waals surface area contributed by atoms with Gasteiger partial charge in [-0.2, -0.15) is 0 Å². The van der Waals surface area contributed by atoms with Crippen LogP contribution >= 0.6 is 24.0 Å². The number of hydrogen-bond donors (Lipinski definition) is 3. The van der Waals surface area contributed by atoms with Gasteiger partial charge in [-0.1, -0.05) is 6.07 Å². The normalized spacial score (nSPS) is 9.90. The van der Waals surface area contributed by atoms with Gasteiger partial charge >= 0.3 is 5.97 Å². The summed E-state index contributed by atoms with van der Waals surface area (Å²) in [5, 5.41) is 8.45. The van der Waals surface area contributed by atoms with Gasteiger partial charge in [-0.3, -0.25) is 0 Å². The van der Waals surface area contributed by atoms with Crippen LogP contribution in [0.5, 0.6) is 0 Å². The van der Waals surface area contributed by atoms with Crippen LogP contribution in [-0.2, 0) is 9.84 Å². The first-order valence-electron chi connectivity index (χ1n) is 5.37. The molecule has 0 aliphatic carbocycles. The fourth-order valence-corrected chi connectivity index (χ4v) is 2.57. The molecule has 0 amide bonds. The Morgan fingerprint density at radius 3 is 2.25 bits per heavy atom. The maximum Gasteiger partial charge on any atom is 0.335 e. The van der Waals surface area contributed by atoms with Gasteiger partial charge in [0.25, 0.3) is 0 Å². The van der Waals surface area contributed by atoms with E-state index in [1.54, 1.807) is 12.1 Å². The highest BCUT2D eigenvalue weighted by atomic mass is 35.5. The van der Waals surface area contributed by atoms with Crippen LogP contribution < -0.4 is 11.5 Å². The third-order valence-electron chi connectivity index (χ3n) is 1.95. The minimum Gasteiger partial charge on any atom is -0.478 e. The Morgan fingerprint density at radius 1 is 1.30 bits per heavy atom. The Hall–Kier alpha value is -1.02. The standard InChI is InChI=1S/C7H7NO2.C4H10ClNO2S.ClH/c8-6-3-1-2-5(4-6)7(9)10;5-1-3-9(7,8)4-2-6;/h1-4H,8H2,(H,9,10);1-4,6H2;1H. The van der Waals surface area contributed by atoms with E-state index in [2.05, 4.69) is 0 Å². The average Bonchev–Trinajstić information content (AvgIpc) is 2.29. The predicted octanol–water partition coefficient (Wildman–Crippen LogP) is 0.987. The second kappa shape index (κ2) is 10.7. The van der Waals surface area contributed by atoms with Gasteiger partial charge in [0.15, 0.2) is 9.84 Å². The molecule has 116 valence electrons. The summed E-state index contributed by atoms with van der Waals surface area (Å²) < 4.78 is 21.3. The van der Waals surface area contributed by atoms with E-state index in [0.717, 1.165) is 0 Å². The predicted molar refractivity (Wildman–Crippen MR) is 83.5 cm³/mol. The molecular weight excluding hydrogens is 327 g/mol. The van der Waals surface area contributed by atoms with Crippen molar-refractivity contribution in [3.8, 4) is 0 Å². The lowest BCUT2D eigenvalue weighted by molar-refractivity contribution is 0.0697. The summed E-state index contributed by atoms with van der Waals surface area (Å²) in [5.74, 6) is -0.722. The van der Waals surface area contributed by atoms with Crippen molar-refractivity contribution in [1.82, 2.24) is 0 Å². The first-order valence-corrected chi connectivity index (χ1v) is 7.73. The second-order valence-corrected chi connectivity index (χ2v) is 6.24. The third-order valence-corrected chi connectivity index (χ3v) is 4.05. The van der Waals surface area contributed by atoms with Crippen LogP contribution in [0.3, 0.4) is 0 Å². The van der Waals surface area contributed by atoms with Crippen LogP contribution in [0.15, 0.2) is 24.3 Å². The van der Waals surface area contributed by atoms with Crippen molar-refractivity contribution in [1.29, 1.82) is 0 Å². The molecule has 0 saturated carbocycles. The number of nitrogens with two attached hydrogens (primary N) is 2. The minimum absolute atomic E-state index is 0. The van der Waals surface area contributed by atoms with E-state index in [1.807, 2.05) is 0 Å². The summed E-state index contributed by atoms with van der Waals surface area (Å²) in [6.07, 6.45) is 0. The molecule has 1 aromatic rings. The maximum absolute atomic E-state index is 10.7. The van der Waals surface area contributed by atoms with E-state index in [-0.39, 0.29) is 41.9 Å². The van der Waals surface area contributed by atoms with Crippen molar-refractivity contribution in [2.75, 3.05) is 29.7 Å². The van der Waals surface area contributed by atoms with Crippen molar-refractivity contribution < 1.29 is 18.3 Å². The molecule has 0 spiro atoms. The molecule has 0 aliphatic heterocycles. The molecule has 0 aromatic heterocycles. The Morgan fingerprint density at radius 2 is 1.90 bits per heavy atom. The minimum atomic E-state index is -2.94. The third kappa shape index (κ3) is 9.85. The highest BCUT2D eigenvalue weighted by Gasteiger charge is 2.06. The number of aromatic carboxylic acids is 1. The largest absolute Gasteiger partial charge is 0.478 e. The molecule has 1 aromatic carbocycles. The lowest BCUT2D eigenvalue weighted by atomic mass is 10.2. The number of halogens is 2. The van der Waals surface area contributed by atoms with E-state index >= 15 is 0 Å². The van der Waals surface area contributed by atoms with E-state index in [0.29, 0.717) is 5.69 Å². The molecule has 0 fully saturated rings. The molecule has 0 bridgehead atoms. The fraction of sp³-hybridized carbons (Fsp3) is 0.364. The smallest absolute Gasteiger partial charge is 0.335 e. The topological polar surface area (TPSA) is 123 Å². The number of nitrogen functional groups attached to an aromatic ring is 1. The molecule has 0 radical (unpaired) electrons. The van der Waals surface area contributed by atoms with Crippen molar-refractivity contribution in [2.24, 2.45) is 5.73 Å². The summed E-state index contributed by atoms with van der Waals surface area (Å²) in [6.45, 7) is 0.180. The molecule has 0 saturated heterocycles.